The molecule has 1 unspecified atom stereocenters. The Hall–Kier alpha value is -2.40. The van der Waals surface area contributed by atoms with Crippen LogP contribution in [0, 0.1) is 0 Å². The quantitative estimate of drug-likeness (QED) is 0.905. The number of quaternary nitrogens is 1. The van der Waals surface area contributed by atoms with Crippen LogP contribution in [-0.4, -0.2) is 34.6 Å². The molecule has 1 N–H and O–H groups in total. The Morgan fingerprint density at radius 2 is 1.84 bits per heavy atom. The number of likely N-dealkylation sites (N-methyl/N-ethyl adjacent to an activating group) is 1. The van der Waals surface area contributed by atoms with Gasteiger partial charge in [0.05, 0.1) is 27.8 Å². The molecule has 0 amide bonds. The van der Waals surface area contributed by atoms with E-state index in [-0.39, 0.29) is 0 Å². The van der Waals surface area contributed by atoms with Gasteiger partial charge in [-0.2, -0.15) is 0 Å². The summed E-state index contributed by atoms with van der Waals surface area (Å²) in [6.45, 7) is 1.42. The molecule has 0 aromatic heterocycles. The summed E-state index contributed by atoms with van der Waals surface area (Å²) >= 11 is 0. The van der Waals surface area contributed by atoms with E-state index in [4.69, 9.17) is 18.9 Å². The first kappa shape index (κ1) is 14.9. The first-order valence-corrected chi connectivity index (χ1v) is 8.74. The van der Waals surface area contributed by atoms with Crippen molar-refractivity contribution < 1.29 is 23.8 Å². The highest BCUT2D eigenvalue weighted by molar-refractivity contribution is 5.84. The van der Waals surface area contributed by atoms with Crippen molar-refractivity contribution in [2.24, 2.45) is 0 Å². The van der Waals surface area contributed by atoms with Crippen LogP contribution in [0.2, 0.25) is 0 Å². The molecular formula is C20H22NO4+. The molecule has 130 valence electrons. The number of hydrogen-bond acceptors (Lipinski definition) is 4. The van der Waals surface area contributed by atoms with E-state index in [2.05, 4.69) is 25.2 Å². The highest BCUT2D eigenvalue weighted by Crippen LogP contribution is 2.52. The van der Waals surface area contributed by atoms with Crippen LogP contribution in [0.15, 0.2) is 18.2 Å². The van der Waals surface area contributed by atoms with Crippen LogP contribution < -0.4 is 23.8 Å². The molecule has 5 nitrogen and oxygen atoms in total. The number of rotatable bonds is 2. The number of nitrogens with one attached hydrogen (secondary N) is 1. The molecule has 1 aliphatic carbocycles. The van der Waals surface area contributed by atoms with Gasteiger partial charge in [0.15, 0.2) is 23.0 Å². The normalized spacial score (nSPS) is 22.2. The predicted octanol–water partition coefficient (Wildman–Crippen LogP) is 1.77. The molecule has 5 heteroatoms. The van der Waals surface area contributed by atoms with Gasteiger partial charge in [-0.25, -0.2) is 0 Å². The van der Waals surface area contributed by atoms with Gasteiger partial charge in [-0.1, -0.05) is 0 Å². The van der Waals surface area contributed by atoms with Crippen LogP contribution in [0.3, 0.4) is 0 Å². The van der Waals surface area contributed by atoms with Crippen molar-refractivity contribution in [1.29, 1.82) is 0 Å². The molecule has 25 heavy (non-hydrogen) atoms. The molecule has 0 radical (unpaired) electrons. The molecule has 5 rings (SSSR count). The lowest BCUT2D eigenvalue weighted by molar-refractivity contribution is -0.914. The summed E-state index contributed by atoms with van der Waals surface area (Å²) < 4.78 is 22.7. The third kappa shape index (κ3) is 1.99. The summed E-state index contributed by atoms with van der Waals surface area (Å²) in [7, 11) is 5.71. The number of ether oxygens (including phenoxy) is 4. The highest BCUT2D eigenvalue weighted by Gasteiger charge is 2.39. The van der Waals surface area contributed by atoms with Crippen molar-refractivity contribution in [3.8, 4) is 34.1 Å². The molecule has 0 saturated heterocycles. The van der Waals surface area contributed by atoms with E-state index in [0.29, 0.717) is 12.8 Å². The van der Waals surface area contributed by atoms with Crippen molar-refractivity contribution in [2.75, 3.05) is 34.6 Å². The minimum atomic E-state index is 0.292. The van der Waals surface area contributed by atoms with Gasteiger partial charge in [-0.05, 0) is 34.9 Å². The third-order valence-corrected chi connectivity index (χ3v) is 5.82. The predicted molar refractivity (Wildman–Crippen MR) is 93.0 cm³/mol. The Morgan fingerprint density at radius 1 is 1.04 bits per heavy atom. The first-order valence-electron chi connectivity index (χ1n) is 8.74. The molecular weight excluding hydrogens is 318 g/mol. The van der Waals surface area contributed by atoms with Crippen LogP contribution >= 0.6 is 0 Å². The van der Waals surface area contributed by atoms with Crippen molar-refractivity contribution >= 4 is 0 Å². The fourth-order valence-corrected chi connectivity index (χ4v) is 4.57. The molecule has 0 saturated carbocycles. The Bertz CT molecular complexity index is 877. The van der Waals surface area contributed by atoms with Crippen molar-refractivity contribution in [2.45, 2.75) is 18.9 Å². The van der Waals surface area contributed by atoms with E-state index in [1.165, 1.54) is 27.8 Å². The maximum absolute atomic E-state index is 5.81. The number of methoxy groups -OCH3 is 2. The van der Waals surface area contributed by atoms with E-state index in [1.807, 2.05) is 0 Å². The highest BCUT2D eigenvalue weighted by atomic mass is 16.7. The van der Waals surface area contributed by atoms with Crippen LogP contribution in [0.25, 0.3) is 11.1 Å². The van der Waals surface area contributed by atoms with E-state index < -0.39 is 0 Å². The van der Waals surface area contributed by atoms with E-state index >= 15 is 0 Å². The second kappa shape index (κ2) is 5.30. The van der Waals surface area contributed by atoms with Gasteiger partial charge in [-0.15, -0.1) is 0 Å². The second-order valence-electron chi connectivity index (χ2n) is 7.03. The maximum Gasteiger partial charge on any atom is 0.231 e. The van der Waals surface area contributed by atoms with Crippen LogP contribution in [0.5, 0.6) is 23.0 Å². The van der Waals surface area contributed by atoms with Crippen molar-refractivity contribution in [1.82, 2.24) is 0 Å². The van der Waals surface area contributed by atoms with Gasteiger partial charge in [0, 0.05) is 24.0 Å². The summed E-state index contributed by atoms with van der Waals surface area (Å²) in [6.07, 6.45) is 2.07. The first-order chi connectivity index (χ1) is 12.2. The lowest BCUT2D eigenvalue weighted by Gasteiger charge is -2.38. The van der Waals surface area contributed by atoms with Crippen LogP contribution in [0.4, 0.5) is 0 Å². The summed E-state index contributed by atoms with van der Waals surface area (Å²) in [5.74, 6) is 3.28. The Labute approximate surface area is 147 Å². The zero-order chi connectivity index (χ0) is 17.1. The molecule has 2 aromatic carbocycles. The number of hydrogen-bond donors (Lipinski definition) is 1. The fourth-order valence-electron chi connectivity index (χ4n) is 4.57. The van der Waals surface area contributed by atoms with Gasteiger partial charge < -0.3 is 23.8 Å². The van der Waals surface area contributed by atoms with Crippen LogP contribution in [0.1, 0.15) is 22.7 Å². The Kier molecular flexibility index (Phi) is 3.16. The third-order valence-electron chi connectivity index (χ3n) is 5.82. The molecule has 0 bridgehead atoms. The average molecular weight is 340 g/mol. The van der Waals surface area contributed by atoms with Gasteiger partial charge in [0.1, 0.15) is 6.04 Å². The minimum absolute atomic E-state index is 0.292. The molecule has 2 atom stereocenters. The smallest absolute Gasteiger partial charge is 0.231 e. The molecule has 2 aliphatic heterocycles. The lowest BCUT2D eigenvalue weighted by Crippen LogP contribution is -3.10. The molecule has 3 aliphatic rings. The topological polar surface area (TPSA) is 41.4 Å². The average Bonchev–Trinajstić information content (AvgIpc) is 3.09. The SMILES string of the molecule is COc1cc2c3c(c1OC)-c1cc4c(cc1C[C@@H]3[NH+](C)CC2)OCO4. The zero-order valence-corrected chi connectivity index (χ0v) is 14.8. The molecule has 2 heterocycles. The fraction of sp³-hybridized carbons (Fsp3) is 0.400. The van der Waals surface area contributed by atoms with Gasteiger partial charge in [-0.3, -0.25) is 0 Å². The van der Waals surface area contributed by atoms with Crippen molar-refractivity contribution in [3.05, 3.63) is 34.9 Å². The summed E-state index contributed by atoms with van der Waals surface area (Å²) in [5.41, 5.74) is 6.43. The van der Waals surface area contributed by atoms with Gasteiger partial charge >= 0.3 is 0 Å². The summed E-state index contributed by atoms with van der Waals surface area (Å²) in [5, 5.41) is 0. The minimum Gasteiger partial charge on any atom is -0.493 e. The standard InChI is InChI=1S/C20H21NO4/c1-21-5-4-11-7-17(22-2)20(23-3)19-13-9-16-15(24-10-25-16)8-12(13)6-14(21)18(11)19/h7-9,14H,4-6,10H2,1-3H3/p+1/t14-/m0/s1. The van der Waals surface area contributed by atoms with Crippen LogP contribution in [-0.2, 0) is 12.8 Å². The van der Waals surface area contributed by atoms with Gasteiger partial charge in [0.2, 0.25) is 6.79 Å². The molecule has 0 spiro atoms. The molecule has 2 aromatic rings. The summed E-state index contributed by atoms with van der Waals surface area (Å²) in [6, 6.07) is 6.84. The number of benzene rings is 2. The Balaban J connectivity index is 1.85. The number of fused-ring (bicyclic) bond motifs is 3. The maximum atomic E-state index is 5.81. The molecule has 0 fully saturated rings. The van der Waals surface area contributed by atoms with Crippen molar-refractivity contribution in [3.63, 3.8) is 0 Å². The lowest BCUT2D eigenvalue weighted by atomic mass is 9.76. The van der Waals surface area contributed by atoms with E-state index in [1.54, 1.807) is 19.1 Å². The van der Waals surface area contributed by atoms with E-state index in [9.17, 15) is 0 Å². The second-order valence-corrected chi connectivity index (χ2v) is 7.03. The Morgan fingerprint density at radius 3 is 2.60 bits per heavy atom. The monoisotopic (exact) mass is 340 g/mol. The largest absolute Gasteiger partial charge is 0.493 e. The van der Waals surface area contributed by atoms with Gasteiger partial charge in [0.25, 0.3) is 0 Å². The summed E-state index contributed by atoms with van der Waals surface area (Å²) in [4.78, 5) is 1.55. The zero-order valence-electron chi connectivity index (χ0n) is 14.8. The van der Waals surface area contributed by atoms with E-state index in [0.717, 1.165) is 42.4 Å².